The van der Waals surface area contributed by atoms with E-state index in [1.54, 1.807) is 12.1 Å². The van der Waals surface area contributed by atoms with Gasteiger partial charge in [0.2, 0.25) is 0 Å². The number of hydrogen-bond acceptors (Lipinski definition) is 2. The Labute approximate surface area is 118 Å². The molecule has 1 atom stereocenters. The molecule has 0 saturated heterocycles. The van der Waals surface area contributed by atoms with Gasteiger partial charge in [-0.05, 0) is 44.7 Å². The summed E-state index contributed by atoms with van der Waals surface area (Å²) >= 11 is 0. The van der Waals surface area contributed by atoms with Crippen LogP contribution in [0.3, 0.4) is 0 Å². The smallest absolute Gasteiger partial charge is 0.337 e. The molecule has 1 aliphatic carbocycles. The van der Waals surface area contributed by atoms with E-state index in [1.165, 1.54) is 25.7 Å². The summed E-state index contributed by atoms with van der Waals surface area (Å²) in [7, 11) is 0. The van der Waals surface area contributed by atoms with E-state index >= 15 is 0 Å². The lowest BCUT2D eigenvalue weighted by molar-refractivity contribution is 0.0698. The number of imidazole rings is 1. The second kappa shape index (κ2) is 4.93. The van der Waals surface area contributed by atoms with Crippen molar-refractivity contribution in [2.75, 3.05) is 0 Å². The van der Waals surface area contributed by atoms with Gasteiger partial charge in [0.15, 0.2) is 0 Å². The van der Waals surface area contributed by atoms with Gasteiger partial charge in [-0.1, -0.05) is 18.9 Å². The summed E-state index contributed by atoms with van der Waals surface area (Å²) in [4.78, 5) is 16.0. The van der Waals surface area contributed by atoms with Crippen LogP contribution in [0.4, 0.5) is 0 Å². The monoisotopic (exact) mass is 272 g/mol. The van der Waals surface area contributed by atoms with Crippen molar-refractivity contribution in [3.8, 4) is 0 Å². The van der Waals surface area contributed by atoms with Gasteiger partial charge < -0.3 is 9.67 Å². The number of carbonyl (C=O) groups is 1. The topological polar surface area (TPSA) is 55.1 Å². The maximum atomic E-state index is 11.5. The minimum Gasteiger partial charge on any atom is -0.478 e. The molecule has 3 rings (SSSR count). The van der Waals surface area contributed by atoms with Crippen LogP contribution in [0.15, 0.2) is 18.2 Å². The number of fused-ring (bicyclic) bond motifs is 1. The Morgan fingerprint density at radius 1 is 1.40 bits per heavy atom. The van der Waals surface area contributed by atoms with Gasteiger partial charge in [0, 0.05) is 6.04 Å². The Bertz CT molecular complexity index is 654. The van der Waals surface area contributed by atoms with Gasteiger partial charge in [-0.2, -0.15) is 0 Å². The van der Waals surface area contributed by atoms with Crippen LogP contribution in [0.2, 0.25) is 0 Å². The Morgan fingerprint density at radius 3 is 2.75 bits per heavy atom. The summed E-state index contributed by atoms with van der Waals surface area (Å²) in [6.07, 6.45) is 5.03. The Hall–Kier alpha value is -1.84. The summed E-state index contributed by atoms with van der Waals surface area (Å²) in [6, 6.07) is 5.64. The fraction of sp³-hybridized carbons (Fsp3) is 0.500. The molecule has 0 amide bonds. The average Bonchev–Trinajstić information content (AvgIpc) is 3.03. The maximum absolute atomic E-state index is 11.5. The molecular formula is C16H20N2O2. The number of aromatic nitrogens is 2. The number of carboxylic acid groups (broad SMARTS) is 1. The molecule has 1 aromatic heterocycles. The zero-order chi connectivity index (χ0) is 14.3. The number of hydrogen-bond donors (Lipinski definition) is 1. The zero-order valence-electron chi connectivity index (χ0n) is 12.0. The van der Waals surface area contributed by atoms with E-state index < -0.39 is 5.97 Å². The first-order valence-corrected chi connectivity index (χ1v) is 7.30. The normalized spacial score (nSPS) is 17.7. The second-order valence-electron chi connectivity index (χ2n) is 5.79. The summed E-state index contributed by atoms with van der Waals surface area (Å²) < 4.78 is 2.13. The van der Waals surface area contributed by atoms with Crippen molar-refractivity contribution in [1.82, 2.24) is 9.55 Å². The predicted molar refractivity (Wildman–Crippen MR) is 78.1 cm³/mol. The van der Waals surface area contributed by atoms with Gasteiger partial charge in [0.25, 0.3) is 0 Å². The highest BCUT2D eigenvalue weighted by Crippen LogP contribution is 2.37. The van der Waals surface area contributed by atoms with E-state index in [1.807, 2.05) is 13.0 Å². The third-order valence-corrected chi connectivity index (χ3v) is 4.61. The first kappa shape index (κ1) is 13.2. The molecule has 106 valence electrons. The van der Waals surface area contributed by atoms with Gasteiger partial charge in [0.05, 0.1) is 16.6 Å². The molecule has 0 aliphatic heterocycles. The van der Waals surface area contributed by atoms with Crippen LogP contribution in [-0.2, 0) is 0 Å². The fourth-order valence-electron chi connectivity index (χ4n) is 3.59. The molecular weight excluding hydrogens is 252 g/mol. The molecule has 1 aromatic carbocycles. The van der Waals surface area contributed by atoms with Gasteiger partial charge in [-0.3, -0.25) is 0 Å². The minimum atomic E-state index is -0.879. The van der Waals surface area contributed by atoms with Gasteiger partial charge >= 0.3 is 5.97 Å². The number of rotatable bonds is 3. The number of aromatic carboxylic acids is 1. The molecule has 1 unspecified atom stereocenters. The summed E-state index contributed by atoms with van der Waals surface area (Å²) in [5, 5.41) is 9.42. The van der Waals surface area contributed by atoms with Gasteiger partial charge in [0.1, 0.15) is 5.82 Å². The standard InChI is InChI=1S/C16H20N2O2/c1-10(12-6-3-4-7-12)18-11(2)17-14-9-5-8-13(15(14)18)16(19)20/h5,8-10,12H,3-4,6-7H2,1-2H3,(H,19,20). The van der Waals surface area contributed by atoms with Crippen LogP contribution in [0.25, 0.3) is 11.0 Å². The molecule has 1 aliphatic rings. The summed E-state index contributed by atoms with van der Waals surface area (Å²) in [5.41, 5.74) is 1.91. The molecule has 0 bridgehead atoms. The van der Waals surface area contributed by atoms with Crippen LogP contribution < -0.4 is 0 Å². The lowest BCUT2D eigenvalue weighted by atomic mass is 9.99. The minimum absolute atomic E-state index is 0.308. The number of para-hydroxylation sites is 1. The van der Waals surface area contributed by atoms with E-state index in [0.717, 1.165) is 16.9 Å². The third-order valence-electron chi connectivity index (χ3n) is 4.61. The number of aryl methyl sites for hydroxylation is 1. The van der Waals surface area contributed by atoms with E-state index in [4.69, 9.17) is 0 Å². The van der Waals surface area contributed by atoms with Crippen molar-refractivity contribution in [2.24, 2.45) is 5.92 Å². The van der Waals surface area contributed by atoms with Crippen molar-refractivity contribution in [3.05, 3.63) is 29.6 Å². The van der Waals surface area contributed by atoms with E-state index in [0.29, 0.717) is 17.5 Å². The summed E-state index contributed by atoms with van der Waals surface area (Å²) in [6.45, 7) is 4.17. The lowest BCUT2D eigenvalue weighted by Crippen LogP contribution is -2.16. The largest absolute Gasteiger partial charge is 0.478 e. The molecule has 1 fully saturated rings. The lowest BCUT2D eigenvalue weighted by Gasteiger charge is -2.23. The first-order valence-electron chi connectivity index (χ1n) is 7.30. The van der Waals surface area contributed by atoms with Gasteiger partial charge in [-0.25, -0.2) is 9.78 Å². The molecule has 0 radical (unpaired) electrons. The molecule has 4 heteroatoms. The van der Waals surface area contributed by atoms with Crippen molar-refractivity contribution in [1.29, 1.82) is 0 Å². The number of nitrogens with zero attached hydrogens (tertiary/aromatic N) is 2. The highest BCUT2D eigenvalue weighted by Gasteiger charge is 2.26. The van der Waals surface area contributed by atoms with Gasteiger partial charge in [-0.15, -0.1) is 0 Å². The van der Waals surface area contributed by atoms with Crippen molar-refractivity contribution in [2.45, 2.75) is 45.6 Å². The van der Waals surface area contributed by atoms with Crippen LogP contribution in [-0.4, -0.2) is 20.6 Å². The van der Waals surface area contributed by atoms with Crippen LogP contribution in [0.1, 0.15) is 54.8 Å². The van der Waals surface area contributed by atoms with Crippen LogP contribution >= 0.6 is 0 Å². The molecule has 20 heavy (non-hydrogen) atoms. The van der Waals surface area contributed by atoms with Crippen molar-refractivity contribution < 1.29 is 9.90 Å². The van der Waals surface area contributed by atoms with Crippen molar-refractivity contribution in [3.63, 3.8) is 0 Å². The Kier molecular flexibility index (Phi) is 3.24. The molecule has 4 nitrogen and oxygen atoms in total. The third kappa shape index (κ3) is 1.99. The molecule has 0 spiro atoms. The van der Waals surface area contributed by atoms with Crippen molar-refractivity contribution >= 4 is 17.0 Å². The molecule has 1 heterocycles. The van der Waals surface area contributed by atoms with Crippen LogP contribution in [0.5, 0.6) is 0 Å². The number of benzene rings is 1. The highest BCUT2D eigenvalue weighted by atomic mass is 16.4. The highest BCUT2D eigenvalue weighted by molar-refractivity contribution is 6.01. The zero-order valence-corrected chi connectivity index (χ0v) is 12.0. The summed E-state index contributed by atoms with van der Waals surface area (Å²) in [5.74, 6) is 0.663. The maximum Gasteiger partial charge on any atom is 0.337 e. The molecule has 1 saturated carbocycles. The fourth-order valence-corrected chi connectivity index (χ4v) is 3.59. The van der Waals surface area contributed by atoms with Crippen LogP contribution in [0, 0.1) is 12.8 Å². The quantitative estimate of drug-likeness (QED) is 0.924. The van der Waals surface area contributed by atoms with E-state index in [-0.39, 0.29) is 0 Å². The SMILES string of the molecule is Cc1nc2cccc(C(=O)O)c2n1C(C)C1CCCC1. The Morgan fingerprint density at radius 2 is 2.10 bits per heavy atom. The molecule has 2 aromatic rings. The first-order chi connectivity index (χ1) is 9.59. The Balaban J connectivity index is 2.18. The van der Waals surface area contributed by atoms with E-state index in [2.05, 4.69) is 16.5 Å². The average molecular weight is 272 g/mol. The predicted octanol–water partition coefficient (Wildman–Crippen LogP) is 3.79. The van der Waals surface area contributed by atoms with E-state index in [9.17, 15) is 9.90 Å². The number of carboxylic acids is 1. The molecule has 1 N–H and O–H groups in total. The second-order valence-corrected chi connectivity index (χ2v) is 5.79.